The van der Waals surface area contributed by atoms with Gasteiger partial charge in [-0.2, -0.15) is 0 Å². The Kier molecular flexibility index (Phi) is 4.79. The molecule has 0 saturated carbocycles. The predicted molar refractivity (Wildman–Crippen MR) is 81.9 cm³/mol. The zero-order valence-electron chi connectivity index (χ0n) is 11.4. The van der Waals surface area contributed by atoms with Crippen LogP contribution >= 0.6 is 11.8 Å². The third-order valence-corrected chi connectivity index (χ3v) is 3.81. The smallest absolute Gasteiger partial charge is 0.255 e. The van der Waals surface area contributed by atoms with Gasteiger partial charge in [0.15, 0.2) is 0 Å². The van der Waals surface area contributed by atoms with Gasteiger partial charge >= 0.3 is 0 Å². The lowest BCUT2D eigenvalue weighted by atomic mass is 10.1. The average molecular weight is 289 g/mol. The number of anilines is 1. The Hall–Kier alpha value is -1.81. The number of benzene rings is 2. The number of para-hydroxylation sites is 1. The highest BCUT2D eigenvalue weighted by Gasteiger charge is 2.10. The molecule has 2 aromatic rings. The number of aryl methyl sites for hydroxylation is 1. The first-order valence-electron chi connectivity index (χ1n) is 6.41. The summed E-state index contributed by atoms with van der Waals surface area (Å²) >= 11 is 1.67. The number of nitrogens with one attached hydrogen (secondary N) is 1. The quantitative estimate of drug-likeness (QED) is 0.840. The van der Waals surface area contributed by atoms with Gasteiger partial charge in [-0.25, -0.2) is 4.39 Å². The monoisotopic (exact) mass is 289 g/mol. The molecule has 104 valence electrons. The third kappa shape index (κ3) is 3.39. The molecule has 0 bridgehead atoms. The number of halogens is 1. The van der Waals surface area contributed by atoms with Gasteiger partial charge in [-0.05, 0) is 48.6 Å². The number of amides is 1. The van der Waals surface area contributed by atoms with Crippen molar-refractivity contribution in [2.45, 2.75) is 18.7 Å². The normalized spacial score (nSPS) is 10.3. The molecule has 2 aromatic carbocycles. The Balaban J connectivity index is 2.21. The summed E-state index contributed by atoms with van der Waals surface area (Å²) in [4.78, 5) is 13.2. The van der Waals surface area contributed by atoms with Crippen LogP contribution in [0.25, 0.3) is 0 Å². The highest BCUT2D eigenvalue weighted by atomic mass is 32.2. The molecule has 0 unspecified atom stereocenters. The Morgan fingerprint density at radius 3 is 2.70 bits per heavy atom. The van der Waals surface area contributed by atoms with Crippen LogP contribution in [0.2, 0.25) is 0 Å². The third-order valence-electron chi connectivity index (χ3n) is 2.86. The van der Waals surface area contributed by atoms with E-state index in [0.717, 1.165) is 16.3 Å². The van der Waals surface area contributed by atoms with E-state index in [0.29, 0.717) is 11.1 Å². The van der Waals surface area contributed by atoms with Crippen molar-refractivity contribution in [3.8, 4) is 0 Å². The Morgan fingerprint density at radius 1 is 1.25 bits per heavy atom. The second kappa shape index (κ2) is 6.57. The average Bonchev–Trinajstić information content (AvgIpc) is 2.44. The summed E-state index contributed by atoms with van der Waals surface area (Å²) in [5.74, 6) is 0.406. The number of thioether (sulfide) groups is 1. The minimum Gasteiger partial charge on any atom is -0.321 e. The van der Waals surface area contributed by atoms with Crippen molar-refractivity contribution in [2.75, 3.05) is 11.1 Å². The van der Waals surface area contributed by atoms with E-state index in [9.17, 15) is 9.18 Å². The van der Waals surface area contributed by atoms with Crippen molar-refractivity contribution in [2.24, 2.45) is 0 Å². The second-order valence-electron chi connectivity index (χ2n) is 4.35. The molecule has 0 spiro atoms. The summed E-state index contributed by atoms with van der Waals surface area (Å²) in [5, 5.41) is 2.88. The van der Waals surface area contributed by atoms with E-state index in [-0.39, 0.29) is 11.7 Å². The summed E-state index contributed by atoms with van der Waals surface area (Å²) in [6.45, 7) is 3.71. The first kappa shape index (κ1) is 14.6. The number of hydrogen-bond acceptors (Lipinski definition) is 2. The van der Waals surface area contributed by atoms with Gasteiger partial charge in [0.05, 0.1) is 5.69 Å². The fraction of sp³-hybridized carbons (Fsp3) is 0.188. The molecule has 0 saturated heterocycles. The second-order valence-corrected chi connectivity index (χ2v) is 5.65. The zero-order chi connectivity index (χ0) is 14.5. The summed E-state index contributed by atoms with van der Waals surface area (Å²) in [7, 11) is 0. The van der Waals surface area contributed by atoms with E-state index < -0.39 is 0 Å². The fourth-order valence-corrected chi connectivity index (χ4v) is 2.59. The topological polar surface area (TPSA) is 29.1 Å². The molecule has 2 rings (SSSR count). The van der Waals surface area contributed by atoms with Gasteiger partial charge in [-0.15, -0.1) is 11.8 Å². The van der Waals surface area contributed by atoms with Crippen LogP contribution in [-0.2, 0) is 0 Å². The van der Waals surface area contributed by atoms with Gasteiger partial charge in [0.2, 0.25) is 0 Å². The SMILES string of the molecule is CCSc1ccccc1NC(=O)c1ccc(F)c(C)c1. The van der Waals surface area contributed by atoms with Crippen LogP contribution in [-0.4, -0.2) is 11.7 Å². The molecule has 0 heterocycles. The lowest BCUT2D eigenvalue weighted by Crippen LogP contribution is -2.12. The van der Waals surface area contributed by atoms with Gasteiger partial charge in [0, 0.05) is 10.5 Å². The number of carbonyl (C=O) groups excluding carboxylic acids is 1. The Bertz CT molecular complexity index is 628. The highest BCUT2D eigenvalue weighted by Crippen LogP contribution is 2.27. The number of rotatable bonds is 4. The molecule has 0 aliphatic heterocycles. The minimum absolute atomic E-state index is 0.225. The first-order chi connectivity index (χ1) is 9.61. The maximum absolute atomic E-state index is 13.2. The van der Waals surface area contributed by atoms with E-state index in [4.69, 9.17) is 0 Å². The van der Waals surface area contributed by atoms with Crippen LogP contribution in [0.4, 0.5) is 10.1 Å². The maximum Gasteiger partial charge on any atom is 0.255 e. The highest BCUT2D eigenvalue weighted by molar-refractivity contribution is 7.99. The van der Waals surface area contributed by atoms with E-state index in [1.165, 1.54) is 12.1 Å². The molecule has 0 aliphatic rings. The van der Waals surface area contributed by atoms with E-state index in [2.05, 4.69) is 12.2 Å². The molecule has 4 heteroatoms. The molecular weight excluding hydrogens is 273 g/mol. The number of carbonyl (C=O) groups is 1. The van der Waals surface area contributed by atoms with Crippen LogP contribution in [0, 0.1) is 12.7 Å². The summed E-state index contributed by atoms with van der Waals surface area (Å²) < 4.78 is 13.2. The Morgan fingerprint density at radius 2 is 2.00 bits per heavy atom. The van der Waals surface area contributed by atoms with Crippen molar-refractivity contribution in [3.63, 3.8) is 0 Å². The van der Waals surface area contributed by atoms with Crippen molar-refractivity contribution in [1.82, 2.24) is 0 Å². The van der Waals surface area contributed by atoms with Gasteiger partial charge in [0.25, 0.3) is 5.91 Å². The van der Waals surface area contributed by atoms with Crippen molar-refractivity contribution >= 4 is 23.4 Å². The first-order valence-corrected chi connectivity index (χ1v) is 7.39. The van der Waals surface area contributed by atoms with E-state index in [1.807, 2.05) is 24.3 Å². The van der Waals surface area contributed by atoms with E-state index in [1.54, 1.807) is 24.8 Å². The van der Waals surface area contributed by atoms with Gasteiger partial charge < -0.3 is 5.32 Å². The fourth-order valence-electron chi connectivity index (χ4n) is 1.83. The largest absolute Gasteiger partial charge is 0.321 e. The Labute approximate surface area is 122 Å². The van der Waals surface area contributed by atoms with Gasteiger partial charge in [-0.3, -0.25) is 4.79 Å². The lowest BCUT2D eigenvalue weighted by molar-refractivity contribution is 0.102. The standard InChI is InChI=1S/C16H16FNOS/c1-3-20-15-7-5-4-6-14(15)18-16(19)12-8-9-13(17)11(2)10-12/h4-10H,3H2,1-2H3,(H,18,19). The molecular formula is C16H16FNOS. The minimum atomic E-state index is -0.302. The van der Waals surface area contributed by atoms with Crippen molar-refractivity contribution in [3.05, 3.63) is 59.4 Å². The van der Waals surface area contributed by atoms with Gasteiger partial charge in [0.1, 0.15) is 5.82 Å². The molecule has 1 N–H and O–H groups in total. The molecule has 2 nitrogen and oxygen atoms in total. The van der Waals surface area contributed by atoms with E-state index >= 15 is 0 Å². The summed E-state index contributed by atoms with van der Waals surface area (Å²) in [6, 6.07) is 12.0. The summed E-state index contributed by atoms with van der Waals surface area (Å²) in [6.07, 6.45) is 0. The molecule has 0 aromatic heterocycles. The van der Waals surface area contributed by atoms with Crippen LogP contribution in [0.3, 0.4) is 0 Å². The van der Waals surface area contributed by atoms with Crippen molar-refractivity contribution < 1.29 is 9.18 Å². The molecule has 0 atom stereocenters. The molecule has 20 heavy (non-hydrogen) atoms. The molecule has 1 amide bonds. The van der Waals surface area contributed by atoms with Crippen molar-refractivity contribution in [1.29, 1.82) is 0 Å². The van der Waals surface area contributed by atoms with Crippen LogP contribution in [0.15, 0.2) is 47.4 Å². The molecule has 0 aliphatic carbocycles. The van der Waals surface area contributed by atoms with Crippen LogP contribution in [0.1, 0.15) is 22.8 Å². The summed E-state index contributed by atoms with van der Waals surface area (Å²) in [5.41, 5.74) is 1.71. The lowest BCUT2D eigenvalue weighted by Gasteiger charge is -2.10. The predicted octanol–water partition coefficient (Wildman–Crippen LogP) is 4.50. The molecule has 0 radical (unpaired) electrons. The number of hydrogen-bond donors (Lipinski definition) is 1. The zero-order valence-corrected chi connectivity index (χ0v) is 12.3. The van der Waals surface area contributed by atoms with Gasteiger partial charge in [-0.1, -0.05) is 19.1 Å². The maximum atomic E-state index is 13.2. The van der Waals surface area contributed by atoms with Crippen LogP contribution in [0.5, 0.6) is 0 Å². The van der Waals surface area contributed by atoms with Crippen LogP contribution < -0.4 is 5.32 Å². The molecule has 0 fully saturated rings.